The number of nitrogens with zero attached hydrogens (tertiary/aromatic N) is 1. The first-order valence-corrected chi connectivity index (χ1v) is 7.22. The molecule has 6 heteroatoms. The molecule has 0 aromatic heterocycles. The van der Waals surface area contributed by atoms with Gasteiger partial charge in [0.2, 0.25) is 5.91 Å². The summed E-state index contributed by atoms with van der Waals surface area (Å²) in [6.07, 6.45) is 0. The average Bonchev–Trinajstić information content (AvgIpc) is 2.45. The Morgan fingerprint density at radius 3 is 2.41 bits per heavy atom. The lowest BCUT2D eigenvalue weighted by molar-refractivity contribution is -0.149. The number of hydrogen-bond donors (Lipinski definition) is 2. The van der Waals surface area contributed by atoms with Gasteiger partial charge in [-0.3, -0.25) is 19.3 Å². The van der Waals surface area contributed by atoms with E-state index in [4.69, 9.17) is 5.73 Å². The number of aryl methyl sites for hydroxylation is 1. The van der Waals surface area contributed by atoms with E-state index in [9.17, 15) is 14.4 Å². The Hall–Kier alpha value is -2.21. The first-order chi connectivity index (χ1) is 10.3. The minimum Gasteiger partial charge on any atom is -0.329 e. The highest BCUT2D eigenvalue weighted by atomic mass is 16.2. The van der Waals surface area contributed by atoms with Crippen LogP contribution in [0.15, 0.2) is 18.2 Å². The molecule has 120 valence electrons. The summed E-state index contributed by atoms with van der Waals surface area (Å²) in [5.41, 5.74) is 7.79. The molecule has 0 heterocycles. The number of anilines is 1. The van der Waals surface area contributed by atoms with Gasteiger partial charge in [0.25, 0.3) is 0 Å². The van der Waals surface area contributed by atoms with Crippen molar-refractivity contribution < 1.29 is 14.4 Å². The van der Waals surface area contributed by atoms with Crippen molar-refractivity contribution in [1.82, 2.24) is 4.90 Å². The van der Waals surface area contributed by atoms with Gasteiger partial charge in [0.05, 0.1) is 0 Å². The fraction of sp³-hybridized carbons (Fsp3) is 0.438. The van der Waals surface area contributed by atoms with Gasteiger partial charge in [-0.1, -0.05) is 32.0 Å². The number of benzene rings is 1. The minimum atomic E-state index is -0.893. The summed E-state index contributed by atoms with van der Waals surface area (Å²) in [6, 6.07) is 5.66. The third-order valence-electron chi connectivity index (χ3n) is 3.34. The predicted octanol–water partition coefficient (Wildman–Crippen LogP) is 1.39. The van der Waals surface area contributed by atoms with Gasteiger partial charge in [0.1, 0.15) is 0 Å². The molecule has 0 unspecified atom stereocenters. The molecule has 1 aromatic rings. The van der Waals surface area contributed by atoms with Gasteiger partial charge in [0, 0.05) is 25.7 Å². The molecule has 3 N–H and O–H groups in total. The summed E-state index contributed by atoms with van der Waals surface area (Å²) in [5.74, 6) is -2.03. The van der Waals surface area contributed by atoms with Crippen molar-refractivity contribution in [1.29, 1.82) is 0 Å². The van der Waals surface area contributed by atoms with Gasteiger partial charge in [-0.25, -0.2) is 0 Å². The maximum absolute atomic E-state index is 12.2. The molecular weight excluding hydrogens is 282 g/mol. The van der Waals surface area contributed by atoms with E-state index < -0.39 is 17.7 Å². The standard InChI is InChI=1S/C16H23N3O3/c1-10(2)13-7-5-6-11(3)14(13)18-15(21)16(22)19(9-8-17)12(4)20/h5-7,10H,8-9,17H2,1-4H3,(H,18,21). The Kier molecular flexibility index (Phi) is 6.24. The van der Waals surface area contributed by atoms with Crippen molar-refractivity contribution in [3.05, 3.63) is 29.3 Å². The lowest BCUT2D eigenvalue weighted by Crippen LogP contribution is -2.45. The van der Waals surface area contributed by atoms with E-state index in [1.165, 1.54) is 6.92 Å². The van der Waals surface area contributed by atoms with Crippen LogP contribution in [0.3, 0.4) is 0 Å². The summed E-state index contributed by atoms with van der Waals surface area (Å²) < 4.78 is 0. The van der Waals surface area contributed by atoms with E-state index in [-0.39, 0.29) is 19.0 Å². The number of imide groups is 1. The molecule has 0 spiro atoms. The van der Waals surface area contributed by atoms with Crippen LogP contribution < -0.4 is 11.1 Å². The van der Waals surface area contributed by atoms with Crippen LogP contribution in [-0.4, -0.2) is 35.7 Å². The second-order valence-corrected chi connectivity index (χ2v) is 5.41. The molecule has 3 amide bonds. The van der Waals surface area contributed by atoms with E-state index in [1.807, 2.05) is 39.0 Å². The zero-order chi connectivity index (χ0) is 16.9. The number of para-hydroxylation sites is 1. The molecule has 0 aliphatic carbocycles. The van der Waals surface area contributed by atoms with E-state index in [0.717, 1.165) is 16.0 Å². The van der Waals surface area contributed by atoms with Crippen LogP contribution in [0.4, 0.5) is 5.69 Å². The molecule has 6 nitrogen and oxygen atoms in total. The second kappa shape index (κ2) is 7.70. The number of amides is 3. The van der Waals surface area contributed by atoms with Crippen molar-refractivity contribution in [2.45, 2.75) is 33.6 Å². The maximum Gasteiger partial charge on any atom is 0.318 e. The molecule has 22 heavy (non-hydrogen) atoms. The summed E-state index contributed by atoms with van der Waals surface area (Å²) in [7, 11) is 0. The van der Waals surface area contributed by atoms with Crippen LogP contribution in [-0.2, 0) is 14.4 Å². The Morgan fingerprint density at radius 2 is 1.91 bits per heavy atom. The quantitative estimate of drug-likeness (QED) is 0.822. The fourth-order valence-electron chi connectivity index (χ4n) is 2.16. The number of nitrogens with two attached hydrogens (primary N) is 1. The largest absolute Gasteiger partial charge is 0.329 e. The summed E-state index contributed by atoms with van der Waals surface area (Å²) >= 11 is 0. The van der Waals surface area contributed by atoms with Crippen LogP contribution >= 0.6 is 0 Å². The van der Waals surface area contributed by atoms with E-state index in [0.29, 0.717) is 5.69 Å². The molecule has 1 rings (SSSR count). The number of hydrogen-bond acceptors (Lipinski definition) is 4. The third-order valence-corrected chi connectivity index (χ3v) is 3.34. The van der Waals surface area contributed by atoms with Crippen molar-refractivity contribution in [3.63, 3.8) is 0 Å². The number of carbonyl (C=O) groups excluding carboxylic acids is 3. The molecule has 0 aliphatic rings. The smallest absolute Gasteiger partial charge is 0.318 e. The molecule has 0 saturated carbocycles. The van der Waals surface area contributed by atoms with Crippen LogP contribution in [0.5, 0.6) is 0 Å². The Labute approximate surface area is 130 Å². The van der Waals surface area contributed by atoms with Gasteiger partial charge in [-0.15, -0.1) is 0 Å². The molecule has 0 atom stereocenters. The topological polar surface area (TPSA) is 92.5 Å². The highest BCUT2D eigenvalue weighted by Crippen LogP contribution is 2.27. The van der Waals surface area contributed by atoms with Gasteiger partial charge >= 0.3 is 11.8 Å². The fourth-order valence-corrected chi connectivity index (χ4v) is 2.16. The van der Waals surface area contributed by atoms with Crippen molar-refractivity contribution in [2.75, 3.05) is 18.4 Å². The van der Waals surface area contributed by atoms with E-state index in [1.54, 1.807) is 0 Å². The van der Waals surface area contributed by atoms with Gasteiger partial charge in [-0.05, 0) is 24.0 Å². The lowest BCUT2D eigenvalue weighted by atomic mass is 9.98. The van der Waals surface area contributed by atoms with Crippen LogP contribution in [0.25, 0.3) is 0 Å². The normalized spacial score (nSPS) is 10.5. The van der Waals surface area contributed by atoms with Gasteiger partial charge in [0.15, 0.2) is 0 Å². The molecule has 0 bridgehead atoms. The van der Waals surface area contributed by atoms with Crippen molar-refractivity contribution >= 4 is 23.4 Å². The van der Waals surface area contributed by atoms with Crippen LogP contribution in [0.2, 0.25) is 0 Å². The SMILES string of the molecule is CC(=O)N(CCN)C(=O)C(=O)Nc1c(C)cccc1C(C)C. The Bertz CT molecular complexity index is 582. The average molecular weight is 305 g/mol. The molecule has 0 fully saturated rings. The summed E-state index contributed by atoms with van der Waals surface area (Å²) in [6.45, 7) is 7.22. The molecule has 1 aromatic carbocycles. The van der Waals surface area contributed by atoms with Crippen molar-refractivity contribution in [2.24, 2.45) is 5.73 Å². The number of carbonyl (C=O) groups is 3. The summed E-state index contributed by atoms with van der Waals surface area (Å²) in [4.78, 5) is 36.6. The molecule has 0 aliphatic heterocycles. The molecule has 0 radical (unpaired) electrons. The van der Waals surface area contributed by atoms with E-state index >= 15 is 0 Å². The highest BCUT2D eigenvalue weighted by molar-refractivity contribution is 6.41. The highest BCUT2D eigenvalue weighted by Gasteiger charge is 2.25. The van der Waals surface area contributed by atoms with E-state index in [2.05, 4.69) is 5.32 Å². The minimum absolute atomic E-state index is 0.0202. The Morgan fingerprint density at radius 1 is 1.27 bits per heavy atom. The zero-order valence-electron chi connectivity index (χ0n) is 13.5. The van der Waals surface area contributed by atoms with Gasteiger partial charge < -0.3 is 11.1 Å². The first kappa shape index (κ1) is 17.8. The summed E-state index contributed by atoms with van der Waals surface area (Å²) in [5, 5.41) is 2.63. The number of nitrogens with one attached hydrogen (secondary N) is 1. The molecular formula is C16H23N3O3. The first-order valence-electron chi connectivity index (χ1n) is 7.22. The monoisotopic (exact) mass is 305 g/mol. The third kappa shape index (κ3) is 4.14. The lowest BCUT2D eigenvalue weighted by Gasteiger charge is -2.20. The maximum atomic E-state index is 12.2. The van der Waals surface area contributed by atoms with Crippen LogP contribution in [0.1, 0.15) is 37.8 Å². The van der Waals surface area contributed by atoms with Crippen molar-refractivity contribution in [3.8, 4) is 0 Å². The second-order valence-electron chi connectivity index (χ2n) is 5.41. The van der Waals surface area contributed by atoms with Crippen LogP contribution in [0, 0.1) is 6.92 Å². The number of rotatable bonds is 4. The Balaban J connectivity index is 3.02. The predicted molar refractivity (Wildman–Crippen MR) is 85.3 cm³/mol. The molecule has 0 saturated heterocycles. The zero-order valence-corrected chi connectivity index (χ0v) is 13.5. The van der Waals surface area contributed by atoms with Gasteiger partial charge in [-0.2, -0.15) is 0 Å².